The second-order valence-electron chi connectivity index (χ2n) is 5.77. The number of nitrogens with two attached hydrogens (primary N) is 1. The highest BCUT2D eigenvalue weighted by molar-refractivity contribution is 5.82. The maximum absolute atomic E-state index is 12.8. The Balaban J connectivity index is 1.98. The van der Waals surface area contributed by atoms with Crippen LogP contribution >= 0.6 is 0 Å². The Morgan fingerprint density at radius 2 is 1.50 bits per heavy atom. The van der Waals surface area contributed by atoms with E-state index in [4.69, 9.17) is 10.5 Å². The highest BCUT2D eigenvalue weighted by Gasteiger charge is 2.37. The molecule has 2 rings (SSSR count). The van der Waals surface area contributed by atoms with Crippen LogP contribution in [0.15, 0.2) is 48.5 Å². The third-order valence-electron chi connectivity index (χ3n) is 3.67. The largest absolute Gasteiger partial charge is 0.492 e. The van der Waals surface area contributed by atoms with E-state index in [1.54, 1.807) is 30.3 Å². The number of benzene rings is 2. The minimum Gasteiger partial charge on any atom is -0.492 e. The van der Waals surface area contributed by atoms with Crippen molar-refractivity contribution in [3.8, 4) is 5.75 Å². The molecular weight excluding hydrogens is 390 g/mol. The fourth-order valence-corrected chi connectivity index (χ4v) is 2.27. The molecule has 1 atom stereocenters. The fourth-order valence-electron chi connectivity index (χ4n) is 2.27. The predicted molar refractivity (Wildman–Crippen MR) is 88.3 cm³/mol. The van der Waals surface area contributed by atoms with Gasteiger partial charge in [0.05, 0.1) is 17.7 Å². The molecule has 0 unspecified atom stereocenters. The molecule has 2 aromatic rings. The van der Waals surface area contributed by atoms with Crippen LogP contribution in [0.4, 0.5) is 26.3 Å². The molecule has 152 valence electrons. The Labute approximate surface area is 156 Å². The van der Waals surface area contributed by atoms with Crippen molar-refractivity contribution in [2.24, 2.45) is 5.73 Å². The standard InChI is InChI=1S/C18H16F6N2O2/c19-17(20,21)12-8-13(18(22,23)24)10-14(9-12)28-7-6-26-16(27)15(25)11-4-2-1-3-5-11/h1-5,8-10,15H,6-7,25H2,(H,26,27)/t15-/m0/s1. The third-order valence-corrected chi connectivity index (χ3v) is 3.67. The highest BCUT2D eigenvalue weighted by Crippen LogP contribution is 2.38. The average molecular weight is 406 g/mol. The molecule has 0 aliphatic rings. The summed E-state index contributed by atoms with van der Waals surface area (Å²) in [4.78, 5) is 11.9. The number of nitrogens with one attached hydrogen (secondary N) is 1. The van der Waals surface area contributed by atoms with Crippen molar-refractivity contribution in [1.82, 2.24) is 5.32 Å². The second-order valence-corrected chi connectivity index (χ2v) is 5.77. The van der Waals surface area contributed by atoms with E-state index in [2.05, 4.69) is 5.32 Å². The summed E-state index contributed by atoms with van der Waals surface area (Å²) in [7, 11) is 0. The van der Waals surface area contributed by atoms with Crippen LogP contribution < -0.4 is 15.8 Å². The fraction of sp³-hybridized carbons (Fsp3) is 0.278. The summed E-state index contributed by atoms with van der Waals surface area (Å²) in [6, 6.07) is 8.38. The summed E-state index contributed by atoms with van der Waals surface area (Å²) < 4.78 is 81.7. The Bertz CT molecular complexity index is 774. The molecule has 0 saturated carbocycles. The number of alkyl halides is 6. The second kappa shape index (κ2) is 8.51. The van der Waals surface area contributed by atoms with Crippen LogP contribution in [-0.2, 0) is 17.1 Å². The van der Waals surface area contributed by atoms with Gasteiger partial charge in [-0.05, 0) is 23.8 Å². The first-order valence-electron chi connectivity index (χ1n) is 7.99. The summed E-state index contributed by atoms with van der Waals surface area (Å²) in [6.07, 6.45) is -9.92. The van der Waals surface area contributed by atoms with E-state index in [1.807, 2.05) is 0 Å². The number of ether oxygens (including phenoxy) is 1. The topological polar surface area (TPSA) is 64.4 Å². The van der Waals surface area contributed by atoms with Gasteiger partial charge in [-0.1, -0.05) is 30.3 Å². The van der Waals surface area contributed by atoms with E-state index >= 15 is 0 Å². The zero-order chi connectivity index (χ0) is 20.9. The first kappa shape index (κ1) is 21.5. The van der Waals surface area contributed by atoms with Gasteiger partial charge in [0.25, 0.3) is 0 Å². The van der Waals surface area contributed by atoms with Gasteiger partial charge in [-0.25, -0.2) is 0 Å². The summed E-state index contributed by atoms with van der Waals surface area (Å²) in [5, 5.41) is 2.41. The Morgan fingerprint density at radius 3 is 2.00 bits per heavy atom. The van der Waals surface area contributed by atoms with Crippen molar-refractivity contribution < 1.29 is 35.9 Å². The minimum absolute atomic E-state index is 0.00745. The van der Waals surface area contributed by atoms with Crippen LogP contribution in [0.1, 0.15) is 22.7 Å². The normalized spacial score (nSPS) is 13.1. The molecule has 0 aromatic heterocycles. The molecular formula is C18H16F6N2O2. The van der Waals surface area contributed by atoms with E-state index in [9.17, 15) is 31.1 Å². The average Bonchev–Trinajstić information content (AvgIpc) is 2.63. The van der Waals surface area contributed by atoms with Crippen LogP contribution in [0.25, 0.3) is 0 Å². The van der Waals surface area contributed by atoms with Gasteiger partial charge in [-0.3, -0.25) is 4.79 Å². The van der Waals surface area contributed by atoms with Gasteiger partial charge in [0.15, 0.2) is 0 Å². The Hall–Kier alpha value is -2.75. The summed E-state index contributed by atoms with van der Waals surface area (Å²) in [5.41, 5.74) is 3.36. The molecule has 10 heteroatoms. The molecule has 0 aliphatic heterocycles. The monoisotopic (exact) mass is 406 g/mol. The van der Waals surface area contributed by atoms with Crippen LogP contribution in [-0.4, -0.2) is 19.1 Å². The first-order valence-corrected chi connectivity index (χ1v) is 7.99. The van der Waals surface area contributed by atoms with Gasteiger partial charge < -0.3 is 15.8 Å². The van der Waals surface area contributed by atoms with Crippen LogP contribution in [0.5, 0.6) is 5.75 Å². The number of hydrogen-bond acceptors (Lipinski definition) is 3. The molecule has 0 radical (unpaired) electrons. The van der Waals surface area contributed by atoms with Gasteiger partial charge in [-0.15, -0.1) is 0 Å². The maximum atomic E-state index is 12.8. The van der Waals surface area contributed by atoms with Gasteiger partial charge in [-0.2, -0.15) is 26.3 Å². The highest BCUT2D eigenvalue weighted by atomic mass is 19.4. The van der Waals surface area contributed by atoms with E-state index in [0.717, 1.165) is 0 Å². The number of carbonyl (C=O) groups is 1. The van der Waals surface area contributed by atoms with E-state index < -0.39 is 41.2 Å². The predicted octanol–water partition coefficient (Wildman–Crippen LogP) is 3.92. The molecule has 0 heterocycles. The van der Waals surface area contributed by atoms with E-state index in [-0.39, 0.29) is 19.2 Å². The molecule has 2 aromatic carbocycles. The van der Waals surface area contributed by atoms with Crippen molar-refractivity contribution in [2.45, 2.75) is 18.4 Å². The van der Waals surface area contributed by atoms with Gasteiger partial charge in [0.2, 0.25) is 5.91 Å². The van der Waals surface area contributed by atoms with Crippen molar-refractivity contribution in [1.29, 1.82) is 0 Å². The Morgan fingerprint density at radius 1 is 0.964 bits per heavy atom. The maximum Gasteiger partial charge on any atom is 0.416 e. The molecule has 28 heavy (non-hydrogen) atoms. The van der Waals surface area contributed by atoms with Crippen LogP contribution in [0.3, 0.4) is 0 Å². The molecule has 3 N–H and O–H groups in total. The number of rotatable bonds is 6. The van der Waals surface area contributed by atoms with Crippen molar-refractivity contribution in [3.05, 3.63) is 65.2 Å². The first-order chi connectivity index (χ1) is 13.0. The molecule has 1 amide bonds. The summed E-state index contributed by atoms with van der Waals surface area (Å²) >= 11 is 0. The summed E-state index contributed by atoms with van der Waals surface area (Å²) in [5.74, 6) is -1.17. The van der Waals surface area contributed by atoms with Crippen molar-refractivity contribution >= 4 is 5.91 Å². The van der Waals surface area contributed by atoms with Crippen LogP contribution in [0.2, 0.25) is 0 Å². The zero-order valence-electron chi connectivity index (χ0n) is 14.3. The van der Waals surface area contributed by atoms with Gasteiger partial charge >= 0.3 is 12.4 Å². The lowest BCUT2D eigenvalue weighted by atomic mass is 10.1. The number of hydrogen-bond donors (Lipinski definition) is 2. The SMILES string of the molecule is N[C@H](C(=O)NCCOc1cc(C(F)(F)F)cc(C(F)(F)F)c1)c1ccccc1. The lowest BCUT2D eigenvalue weighted by Crippen LogP contribution is -2.36. The van der Waals surface area contributed by atoms with Crippen molar-refractivity contribution in [3.63, 3.8) is 0 Å². The molecule has 0 spiro atoms. The zero-order valence-corrected chi connectivity index (χ0v) is 14.3. The molecule has 0 aliphatic carbocycles. The Kier molecular flexibility index (Phi) is 6.55. The van der Waals surface area contributed by atoms with E-state index in [0.29, 0.717) is 17.7 Å². The van der Waals surface area contributed by atoms with Gasteiger partial charge in [0, 0.05) is 0 Å². The van der Waals surface area contributed by atoms with Crippen molar-refractivity contribution in [2.75, 3.05) is 13.2 Å². The minimum atomic E-state index is -4.96. The molecule has 0 fully saturated rings. The number of carbonyl (C=O) groups excluding carboxylic acids is 1. The number of amides is 1. The lowest BCUT2D eigenvalue weighted by Gasteiger charge is -2.16. The van der Waals surface area contributed by atoms with Gasteiger partial charge in [0.1, 0.15) is 18.4 Å². The summed E-state index contributed by atoms with van der Waals surface area (Å²) in [6.45, 7) is -0.497. The smallest absolute Gasteiger partial charge is 0.416 e. The van der Waals surface area contributed by atoms with Crippen LogP contribution in [0, 0.1) is 0 Å². The lowest BCUT2D eigenvalue weighted by molar-refractivity contribution is -0.143. The molecule has 4 nitrogen and oxygen atoms in total. The van der Waals surface area contributed by atoms with E-state index in [1.165, 1.54) is 0 Å². The quantitative estimate of drug-likeness (QED) is 0.565. The number of halogens is 6. The third kappa shape index (κ3) is 5.88. The molecule has 0 bridgehead atoms. The molecule has 0 saturated heterocycles.